The van der Waals surface area contributed by atoms with Gasteiger partial charge in [-0.3, -0.25) is 14.9 Å². The molecule has 2 aliphatic rings. The van der Waals surface area contributed by atoms with Crippen molar-refractivity contribution in [3.05, 3.63) is 22.7 Å². The van der Waals surface area contributed by atoms with Gasteiger partial charge in [-0.25, -0.2) is 9.37 Å². The average molecular weight is 362 g/mol. The number of anilines is 2. The molecule has 0 unspecified atom stereocenters. The maximum Gasteiger partial charge on any atom is 0.290 e. The van der Waals surface area contributed by atoms with Crippen molar-refractivity contribution in [2.45, 2.75) is 18.9 Å². The first kappa shape index (κ1) is 15.9. The van der Waals surface area contributed by atoms with E-state index in [9.17, 15) is 14.0 Å². The van der Waals surface area contributed by atoms with E-state index in [1.54, 1.807) is 22.9 Å². The number of rotatable bonds is 6. The van der Waals surface area contributed by atoms with Crippen LogP contribution in [-0.2, 0) is 4.79 Å². The lowest BCUT2D eigenvalue weighted by Gasteiger charge is -2.10. The molecule has 8 nitrogen and oxygen atoms in total. The molecule has 2 aromatic rings. The Bertz CT molecular complexity index is 892. The first-order valence-corrected chi connectivity index (χ1v) is 8.65. The van der Waals surface area contributed by atoms with Gasteiger partial charge < -0.3 is 10.6 Å². The van der Waals surface area contributed by atoms with Gasteiger partial charge in [0.1, 0.15) is 18.3 Å². The summed E-state index contributed by atoms with van der Waals surface area (Å²) in [6.07, 6.45) is 5.35. The molecule has 2 amide bonds. The number of thioether (sulfide) groups is 1. The molecule has 2 fully saturated rings. The molecule has 1 aliphatic carbocycles. The van der Waals surface area contributed by atoms with Crippen LogP contribution in [0.2, 0.25) is 0 Å². The third-order valence-electron chi connectivity index (χ3n) is 3.76. The van der Waals surface area contributed by atoms with Crippen LogP contribution in [0.1, 0.15) is 18.4 Å². The molecule has 0 aromatic carbocycles. The normalized spacial score (nSPS) is 18.8. The van der Waals surface area contributed by atoms with Gasteiger partial charge in [0.25, 0.3) is 11.1 Å². The van der Waals surface area contributed by atoms with Crippen molar-refractivity contribution in [1.82, 2.24) is 19.9 Å². The molecule has 3 N–H and O–H groups in total. The van der Waals surface area contributed by atoms with E-state index in [-0.39, 0.29) is 6.54 Å². The summed E-state index contributed by atoms with van der Waals surface area (Å²) in [4.78, 5) is 27.8. The third kappa shape index (κ3) is 3.29. The fourth-order valence-corrected chi connectivity index (χ4v) is 3.12. The van der Waals surface area contributed by atoms with Crippen molar-refractivity contribution in [2.75, 3.05) is 23.9 Å². The van der Waals surface area contributed by atoms with E-state index >= 15 is 0 Å². The highest BCUT2D eigenvalue weighted by Crippen LogP contribution is 2.29. The average Bonchev–Trinajstić information content (AvgIpc) is 3.22. The Morgan fingerprint density at radius 3 is 2.96 bits per heavy atom. The Hall–Kier alpha value is -2.62. The first-order chi connectivity index (χ1) is 12.1. The van der Waals surface area contributed by atoms with Crippen molar-refractivity contribution in [3.63, 3.8) is 0 Å². The molecule has 1 aliphatic heterocycles. The van der Waals surface area contributed by atoms with E-state index in [0.717, 1.165) is 30.4 Å². The third-order valence-corrected chi connectivity index (χ3v) is 4.57. The number of nitrogens with zero attached hydrogens (tertiary/aromatic N) is 3. The van der Waals surface area contributed by atoms with Gasteiger partial charge in [0.15, 0.2) is 5.65 Å². The van der Waals surface area contributed by atoms with Gasteiger partial charge in [0.2, 0.25) is 0 Å². The summed E-state index contributed by atoms with van der Waals surface area (Å²) < 4.78 is 14.1. The molecule has 3 heterocycles. The zero-order valence-electron chi connectivity index (χ0n) is 13.1. The second-order valence-corrected chi connectivity index (χ2v) is 6.76. The Kier molecular flexibility index (Phi) is 4.04. The highest BCUT2D eigenvalue weighted by molar-refractivity contribution is 8.18. The molecule has 1 saturated carbocycles. The number of halogens is 1. The zero-order chi connectivity index (χ0) is 17.4. The van der Waals surface area contributed by atoms with Gasteiger partial charge in [-0.1, -0.05) is 0 Å². The second-order valence-electron chi connectivity index (χ2n) is 5.75. The number of carbonyl (C=O) groups excluding carboxylic acids is 2. The number of imide groups is 1. The van der Waals surface area contributed by atoms with Crippen LogP contribution in [0.5, 0.6) is 0 Å². The number of alkyl halides is 1. The van der Waals surface area contributed by atoms with Crippen molar-refractivity contribution in [1.29, 1.82) is 0 Å². The predicted molar refractivity (Wildman–Crippen MR) is 93.2 cm³/mol. The fourth-order valence-electron chi connectivity index (χ4n) is 2.45. The Labute approximate surface area is 146 Å². The summed E-state index contributed by atoms with van der Waals surface area (Å²) in [7, 11) is 0. The fraction of sp³-hybridized carbons (Fsp3) is 0.333. The van der Waals surface area contributed by atoms with Crippen LogP contribution in [0.25, 0.3) is 11.7 Å². The van der Waals surface area contributed by atoms with Crippen molar-refractivity contribution in [3.8, 4) is 0 Å². The van der Waals surface area contributed by atoms with Gasteiger partial charge in [-0.15, -0.1) is 0 Å². The Balaban J connectivity index is 1.75. The summed E-state index contributed by atoms with van der Waals surface area (Å²) in [5.74, 6) is 0.837. The lowest BCUT2D eigenvalue weighted by molar-refractivity contribution is -0.115. The molecule has 0 bridgehead atoms. The maximum absolute atomic E-state index is 12.5. The van der Waals surface area contributed by atoms with E-state index in [4.69, 9.17) is 0 Å². The molecular weight excluding hydrogens is 347 g/mol. The Morgan fingerprint density at radius 2 is 2.28 bits per heavy atom. The van der Waals surface area contributed by atoms with Gasteiger partial charge in [-0.2, -0.15) is 9.61 Å². The van der Waals surface area contributed by atoms with E-state index in [1.807, 2.05) is 0 Å². The number of nitrogens with one attached hydrogen (secondary N) is 3. The SMILES string of the molecule is O=C1NC(=O)C(=Cc2cnn3c(NC4CC4)cc(NCCF)nc23)S1. The Morgan fingerprint density at radius 1 is 1.44 bits per heavy atom. The molecule has 1 saturated heterocycles. The number of fused-ring (bicyclic) bond motifs is 1. The monoisotopic (exact) mass is 362 g/mol. The van der Waals surface area contributed by atoms with Crippen molar-refractivity contribution >= 4 is 46.3 Å². The molecule has 4 rings (SSSR count). The minimum absolute atomic E-state index is 0.156. The number of aromatic nitrogens is 3. The number of amides is 2. The van der Waals surface area contributed by atoms with E-state index < -0.39 is 17.8 Å². The van der Waals surface area contributed by atoms with Crippen LogP contribution in [0.15, 0.2) is 17.2 Å². The maximum atomic E-state index is 12.5. The number of carbonyl (C=O) groups is 2. The molecule has 10 heteroatoms. The van der Waals surface area contributed by atoms with Gasteiger partial charge in [0.05, 0.1) is 11.1 Å². The minimum Gasteiger partial charge on any atom is -0.367 e. The molecule has 0 spiro atoms. The lowest BCUT2D eigenvalue weighted by atomic mass is 10.3. The van der Waals surface area contributed by atoms with Crippen LogP contribution in [0.4, 0.5) is 20.8 Å². The van der Waals surface area contributed by atoms with E-state index in [0.29, 0.717) is 28.0 Å². The standard InChI is InChI=1S/C15H15FN6O2S/c16-3-4-17-11-6-12(19-9-1-2-9)22-13(20-11)8(7-18-22)5-10-14(23)21-15(24)25-10/h5-7,9,19H,1-4H2,(H,17,20)(H,21,23,24). The number of hydrogen-bond donors (Lipinski definition) is 3. The predicted octanol–water partition coefficient (Wildman–Crippen LogP) is 2.01. The summed E-state index contributed by atoms with van der Waals surface area (Å²) in [6, 6.07) is 2.19. The lowest BCUT2D eigenvalue weighted by Crippen LogP contribution is -2.17. The van der Waals surface area contributed by atoms with Crippen molar-refractivity contribution < 1.29 is 14.0 Å². The van der Waals surface area contributed by atoms with Crippen LogP contribution in [0, 0.1) is 0 Å². The van der Waals surface area contributed by atoms with Crippen LogP contribution in [0.3, 0.4) is 0 Å². The highest BCUT2D eigenvalue weighted by atomic mass is 32.2. The van der Waals surface area contributed by atoms with Gasteiger partial charge in [-0.05, 0) is 30.7 Å². The van der Waals surface area contributed by atoms with Gasteiger partial charge in [0, 0.05) is 24.2 Å². The first-order valence-electron chi connectivity index (χ1n) is 7.84. The number of hydrogen-bond acceptors (Lipinski definition) is 7. The zero-order valence-corrected chi connectivity index (χ0v) is 13.9. The van der Waals surface area contributed by atoms with Crippen LogP contribution >= 0.6 is 11.8 Å². The summed E-state index contributed by atoms with van der Waals surface area (Å²) in [5, 5.41) is 12.4. The molecular formula is C15H15FN6O2S. The molecule has 130 valence electrons. The van der Waals surface area contributed by atoms with E-state index in [1.165, 1.54) is 0 Å². The van der Waals surface area contributed by atoms with E-state index in [2.05, 4.69) is 26.0 Å². The largest absolute Gasteiger partial charge is 0.367 e. The summed E-state index contributed by atoms with van der Waals surface area (Å²) in [5.41, 5.74) is 1.13. The topological polar surface area (TPSA) is 100 Å². The molecule has 0 radical (unpaired) electrons. The molecule has 25 heavy (non-hydrogen) atoms. The smallest absolute Gasteiger partial charge is 0.290 e. The second kappa shape index (κ2) is 6.36. The van der Waals surface area contributed by atoms with Crippen LogP contribution in [-0.4, -0.2) is 45.0 Å². The van der Waals surface area contributed by atoms with Crippen LogP contribution < -0.4 is 16.0 Å². The molecule has 0 atom stereocenters. The molecule has 2 aromatic heterocycles. The summed E-state index contributed by atoms with van der Waals surface area (Å²) in [6.45, 7) is -0.350. The quantitative estimate of drug-likeness (QED) is 0.676. The van der Waals surface area contributed by atoms with Crippen molar-refractivity contribution in [2.24, 2.45) is 0 Å². The highest BCUT2D eigenvalue weighted by Gasteiger charge is 2.26. The minimum atomic E-state index is -0.507. The summed E-state index contributed by atoms with van der Waals surface area (Å²) >= 11 is 0.839. The van der Waals surface area contributed by atoms with Gasteiger partial charge >= 0.3 is 0 Å².